The Morgan fingerprint density at radius 2 is 1.88 bits per heavy atom. The van der Waals surface area contributed by atoms with Crippen LogP contribution >= 0.6 is 0 Å². The van der Waals surface area contributed by atoms with Gasteiger partial charge in [-0.3, -0.25) is 9.59 Å². The summed E-state index contributed by atoms with van der Waals surface area (Å²) in [6, 6.07) is 2.62. The van der Waals surface area contributed by atoms with E-state index in [1.807, 2.05) is 6.92 Å². The molecule has 0 aliphatic rings. The highest BCUT2D eigenvalue weighted by Gasteiger charge is 2.32. The van der Waals surface area contributed by atoms with Crippen molar-refractivity contribution in [2.75, 3.05) is 11.9 Å². The van der Waals surface area contributed by atoms with E-state index < -0.39 is 29.7 Å². The molecule has 1 rings (SSSR count). The number of carbonyl (C=O) groups excluding carboxylic acids is 2. The molecule has 0 spiro atoms. The Hall–Kier alpha value is -2.09. The molecular formula is C16H21F3N2O3. The molecule has 1 aromatic rings. The second-order valence-electron chi connectivity index (χ2n) is 5.64. The second kappa shape index (κ2) is 8.14. The van der Waals surface area contributed by atoms with Gasteiger partial charge in [-0.25, -0.2) is 0 Å². The van der Waals surface area contributed by atoms with Gasteiger partial charge < -0.3 is 15.7 Å². The summed E-state index contributed by atoms with van der Waals surface area (Å²) in [5.41, 5.74) is -1.41. The van der Waals surface area contributed by atoms with Crippen LogP contribution in [0.15, 0.2) is 18.2 Å². The molecule has 0 aliphatic carbocycles. The number of hydrogen-bond donors (Lipinski definition) is 3. The molecule has 2 unspecified atom stereocenters. The highest BCUT2D eigenvalue weighted by Crippen LogP contribution is 2.32. The molecule has 1 aromatic carbocycles. The van der Waals surface area contributed by atoms with Crippen molar-refractivity contribution in [2.45, 2.75) is 39.5 Å². The fourth-order valence-electron chi connectivity index (χ4n) is 1.97. The minimum Gasteiger partial charge on any atom is -0.391 e. The maximum absolute atomic E-state index is 12.9. The Labute approximate surface area is 138 Å². The number of amides is 2. The molecule has 2 atom stereocenters. The van der Waals surface area contributed by atoms with Crippen LogP contribution in [0.25, 0.3) is 0 Å². The van der Waals surface area contributed by atoms with Crippen molar-refractivity contribution in [2.24, 2.45) is 5.92 Å². The largest absolute Gasteiger partial charge is 0.416 e. The van der Waals surface area contributed by atoms with Gasteiger partial charge in [-0.2, -0.15) is 13.2 Å². The maximum Gasteiger partial charge on any atom is 0.416 e. The predicted octanol–water partition coefficient (Wildman–Crippen LogP) is 2.80. The molecule has 0 aliphatic heterocycles. The Morgan fingerprint density at radius 3 is 2.38 bits per heavy atom. The molecule has 0 fully saturated rings. The van der Waals surface area contributed by atoms with E-state index in [0.717, 1.165) is 19.1 Å². The van der Waals surface area contributed by atoms with E-state index in [1.165, 1.54) is 0 Å². The van der Waals surface area contributed by atoms with Gasteiger partial charge >= 0.3 is 6.18 Å². The molecule has 2 amide bonds. The van der Waals surface area contributed by atoms with Crippen molar-refractivity contribution in [3.8, 4) is 0 Å². The lowest BCUT2D eigenvalue weighted by Crippen LogP contribution is -2.35. The Bertz CT molecular complexity index is 603. The Kier molecular flexibility index (Phi) is 6.77. The van der Waals surface area contributed by atoms with E-state index in [4.69, 9.17) is 0 Å². The number of halogens is 3. The minimum atomic E-state index is -4.65. The molecule has 134 valence electrons. The van der Waals surface area contributed by atoms with Crippen LogP contribution in [-0.4, -0.2) is 29.6 Å². The molecule has 5 nitrogen and oxygen atoms in total. The quantitative estimate of drug-likeness (QED) is 0.741. The SMILES string of the molecule is CCC(C)C(O)CNC(=O)c1cc(NC(C)=O)cc(C(F)(F)F)c1. The van der Waals surface area contributed by atoms with Gasteiger partial charge in [-0.1, -0.05) is 20.3 Å². The Morgan fingerprint density at radius 1 is 1.25 bits per heavy atom. The van der Waals surface area contributed by atoms with E-state index in [1.54, 1.807) is 6.92 Å². The number of carbonyl (C=O) groups is 2. The van der Waals surface area contributed by atoms with Crippen LogP contribution in [-0.2, 0) is 11.0 Å². The maximum atomic E-state index is 12.9. The molecule has 0 saturated carbocycles. The summed E-state index contributed by atoms with van der Waals surface area (Å²) in [7, 11) is 0. The average Bonchev–Trinajstić information content (AvgIpc) is 2.49. The van der Waals surface area contributed by atoms with Crippen LogP contribution in [0.5, 0.6) is 0 Å². The van der Waals surface area contributed by atoms with Gasteiger partial charge in [-0.15, -0.1) is 0 Å². The first-order valence-corrected chi connectivity index (χ1v) is 7.50. The van der Waals surface area contributed by atoms with Gasteiger partial charge in [0.05, 0.1) is 11.7 Å². The van der Waals surface area contributed by atoms with Crippen molar-refractivity contribution in [3.05, 3.63) is 29.3 Å². The summed E-state index contributed by atoms with van der Waals surface area (Å²) >= 11 is 0. The summed E-state index contributed by atoms with van der Waals surface area (Å²) in [5.74, 6) is -1.36. The molecule has 3 N–H and O–H groups in total. The van der Waals surface area contributed by atoms with E-state index in [0.29, 0.717) is 12.5 Å². The summed E-state index contributed by atoms with van der Waals surface area (Å²) in [5, 5.41) is 14.5. The smallest absolute Gasteiger partial charge is 0.391 e. The monoisotopic (exact) mass is 346 g/mol. The number of hydrogen-bond acceptors (Lipinski definition) is 3. The third kappa shape index (κ3) is 5.84. The van der Waals surface area contributed by atoms with Crippen LogP contribution in [0.4, 0.5) is 18.9 Å². The lowest BCUT2D eigenvalue weighted by Gasteiger charge is -2.18. The third-order valence-electron chi connectivity index (χ3n) is 3.62. The normalized spacial score (nSPS) is 14.0. The topological polar surface area (TPSA) is 78.4 Å². The first-order chi connectivity index (χ1) is 11.0. The molecule has 8 heteroatoms. The second-order valence-corrected chi connectivity index (χ2v) is 5.64. The molecule has 0 radical (unpaired) electrons. The fraction of sp³-hybridized carbons (Fsp3) is 0.500. The first kappa shape index (κ1) is 20.0. The lowest BCUT2D eigenvalue weighted by atomic mass is 10.0. The number of aliphatic hydroxyl groups is 1. The van der Waals surface area contributed by atoms with E-state index >= 15 is 0 Å². The number of rotatable bonds is 6. The molecular weight excluding hydrogens is 325 g/mol. The highest BCUT2D eigenvalue weighted by molar-refractivity contribution is 5.97. The van der Waals surface area contributed by atoms with Gasteiger partial charge in [0, 0.05) is 24.7 Å². The van der Waals surface area contributed by atoms with E-state index in [9.17, 15) is 27.9 Å². The fourth-order valence-corrected chi connectivity index (χ4v) is 1.97. The standard InChI is InChI=1S/C16H21F3N2O3/c1-4-9(2)14(23)8-20-15(24)11-5-12(16(17,18)19)7-13(6-11)21-10(3)22/h5-7,9,14,23H,4,8H2,1-3H3,(H,20,24)(H,21,22). The van der Waals surface area contributed by atoms with Crippen molar-refractivity contribution >= 4 is 17.5 Å². The molecule has 0 bridgehead atoms. The minimum absolute atomic E-state index is 0.0539. The van der Waals surface area contributed by atoms with Gasteiger partial charge in [0.1, 0.15) is 0 Å². The number of benzene rings is 1. The first-order valence-electron chi connectivity index (χ1n) is 7.50. The highest BCUT2D eigenvalue weighted by atomic mass is 19.4. The van der Waals surface area contributed by atoms with Crippen LogP contribution in [0, 0.1) is 5.92 Å². The number of anilines is 1. The van der Waals surface area contributed by atoms with Gasteiger partial charge in [-0.05, 0) is 24.1 Å². The van der Waals surface area contributed by atoms with E-state index in [-0.39, 0.29) is 23.7 Å². The molecule has 0 saturated heterocycles. The third-order valence-corrected chi connectivity index (χ3v) is 3.62. The van der Waals surface area contributed by atoms with Crippen molar-refractivity contribution in [1.82, 2.24) is 5.32 Å². The van der Waals surface area contributed by atoms with Gasteiger partial charge in [0.15, 0.2) is 0 Å². The van der Waals surface area contributed by atoms with E-state index in [2.05, 4.69) is 10.6 Å². The van der Waals surface area contributed by atoms with Crippen molar-refractivity contribution in [1.29, 1.82) is 0 Å². The molecule has 0 heterocycles. The summed E-state index contributed by atoms with van der Waals surface area (Å²) < 4.78 is 38.8. The van der Waals surface area contributed by atoms with Gasteiger partial charge in [0.2, 0.25) is 5.91 Å². The number of alkyl halides is 3. The average molecular weight is 346 g/mol. The van der Waals surface area contributed by atoms with Gasteiger partial charge in [0.25, 0.3) is 5.91 Å². The molecule has 24 heavy (non-hydrogen) atoms. The van der Waals surface area contributed by atoms with Crippen molar-refractivity contribution in [3.63, 3.8) is 0 Å². The van der Waals surface area contributed by atoms with Crippen LogP contribution in [0.1, 0.15) is 43.1 Å². The van der Waals surface area contributed by atoms with Crippen LogP contribution in [0.2, 0.25) is 0 Å². The summed E-state index contributed by atoms with van der Waals surface area (Å²) in [6.45, 7) is 4.76. The Balaban J connectivity index is 3.00. The van der Waals surface area contributed by atoms with Crippen molar-refractivity contribution < 1.29 is 27.9 Å². The zero-order valence-electron chi connectivity index (χ0n) is 13.7. The lowest BCUT2D eigenvalue weighted by molar-refractivity contribution is -0.137. The number of nitrogens with one attached hydrogen (secondary N) is 2. The zero-order valence-corrected chi connectivity index (χ0v) is 13.7. The zero-order chi connectivity index (χ0) is 18.5. The summed E-state index contributed by atoms with van der Waals surface area (Å²) in [4.78, 5) is 23.1. The molecule has 0 aromatic heterocycles. The summed E-state index contributed by atoms with van der Waals surface area (Å²) in [6.07, 6.45) is -4.74. The van der Waals surface area contributed by atoms with Crippen LogP contribution in [0.3, 0.4) is 0 Å². The van der Waals surface area contributed by atoms with Crippen LogP contribution < -0.4 is 10.6 Å². The predicted molar refractivity (Wildman–Crippen MR) is 83.5 cm³/mol. The number of aliphatic hydroxyl groups excluding tert-OH is 1.